The molecule has 0 aromatic heterocycles. The van der Waals surface area contributed by atoms with Gasteiger partial charge in [0.2, 0.25) is 0 Å². The molecule has 4 heteroatoms. The van der Waals surface area contributed by atoms with Crippen LogP contribution in [0, 0.1) is 0 Å². The minimum absolute atomic E-state index is 0.159. The standard InChI is InChI=1S/C13H20ClNOS/c1-10(15)9-11-5-3-6-12(14)13(11)17-8-4-7-16-2/h3,5-6,10H,4,7-9,15H2,1-2H3. The summed E-state index contributed by atoms with van der Waals surface area (Å²) in [5.41, 5.74) is 7.09. The van der Waals surface area contributed by atoms with Gasteiger partial charge in [0.1, 0.15) is 0 Å². The second-order valence-corrected chi connectivity index (χ2v) is 5.62. The zero-order valence-corrected chi connectivity index (χ0v) is 12.0. The quantitative estimate of drug-likeness (QED) is 0.611. The maximum Gasteiger partial charge on any atom is 0.0544 e. The molecule has 0 spiro atoms. The normalized spacial score (nSPS) is 12.7. The molecule has 1 atom stereocenters. The van der Waals surface area contributed by atoms with Gasteiger partial charge in [-0.15, -0.1) is 11.8 Å². The van der Waals surface area contributed by atoms with Gasteiger partial charge in [0, 0.05) is 30.4 Å². The smallest absolute Gasteiger partial charge is 0.0544 e. The first-order valence-electron chi connectivity index (χ1n) is 5.80. The van der Waals surface area contributed by atoms with Crippen molar-refractivity contribution in [1.29, 1.82) is 0 Å². The summed E-state index contributed by atoms with van der Waals surface area (Å²) >= 11 is 8.02. The molecule has 1 aromatic carbocycles. The Morgan fingerprint density at radius 1 is 1.47 bits per heavy atom. The number of rotatable bonds is 7. The van der Waals surface area contributed by atoms with Crippen LogP contribution in [-0.2, 0) is 11.2 Å². The van der Waals surface area contributed by atoms with E-state index >= 15 is 0 Å². The van der Waals surface area contributed by atoms with E-state index in [2.05, 4.69) is 6.07 Å². The van der Waals surface area contributed by atoms with Crippen molar-refractivity contribution in [3.63, 3.8) is 0 Å². The van der Waals surface area contributed by atoms with Gasteiger partial charge in [-0.05, 0) is 31.4 Å². The number of hydrogen-bond donors (Lipinski definition) is 1. The third-order valence-corrected chi connectivity index (χ3v) is 4.02. The zero-order valence-electron chi connectivity index (χ0n) is 10.4. The molecule has 1 rings (SSSR count). The number of benzene rings is 1. The summed E-state index contributed by atoms with van der Waals surface area (Å²) in [6.07, 6.45) is 1.90. The van der Waals surface area contributed by atoms with Crippen LogP contribution in [0.4, 0.5) is 0 Å². The molecule has 0 saturated carbocycles. The lowest BCUT2D eigenvalue weighted by molar-refractivity contribution is 0.200. The maximum atomic E-state index is 6.23. The SMILES string of the molecule is COCCCSc1c(Cl)cccc1CC(C)N. The molecule has 0 bridgehead atoms. The number of thioether (sulfide) groups is 1. The third kappa shape index (κ3) is 5.30. The van der Waals surface area contributed by atoms with Crippen LogP contribution in [0.1, 0.15) is 18.9 Å². The van der Waals surface area contributed by atoms with E-state index in [4.69, 9.17) is 22.1 Å². The largest absolute Gasteiger partial charge is 0.385 e. The lowest BCUT2D eigenvalue weighted by Gasteiger charge is -2.12. The van der Waals surface area contributed by atoms with Crippen molar-refractivity contribution in [2.45, 2.75) is 30.7 Å². The monoisotopic (exact) mass is 273 g/mol. The average Bonchev–Trinajstić information content (AvgIpc) is 2.26. The van der Waals surface area contributed by atoms with E-state index in [0.717, 1.165) is 30.2 Å². The molecule has 0 aliphatic heterocycles. The van der Waals surface area contributed by atoms with Gasteiger partial charge in [0.25, 0.3) is 0 Å². The van der Waals surface area contributed by atoms with Crippen molar-refractivity contribution in [1.82, 2.24) is 0 Å². The lowest BCUT2D eigenvalue weighted by Crippen LogP contribution is -2.18. The second-order valence-electron chi connectivity index (χ2n) is 4.10. The molecule has 17 heavy (non-hydrogen) atoms. The lowest BCUT2D eigenvalue weighted by atomic mass is 10.1. The predicted molar refractivity (Wildman–Crippen MR) is 76.0 cm³/mol. The third-order valence-electron chi connectivity index (χ3n) is 2.33. The van der Waals surface area contributed by atoms with Crippen LogP contribution in [0.2, 0.25) is 5.02 Å². The number of methoxy groups -OCH3 is 1. The van der Waals surface area contributed by atoms with Gasteiger partial charge in [-0.2, -0.15) is 0 Å². The van der Waals surface area contributed by atoms with Crippen LogP contribution < -0.4 is 5.73 Å². The molecule has 0 amide bonds. The molecule has 0 aliphatic rings. The van der Waals surface area contributed by atoms with E-state index < -0.39 is 0 Å². The van der Waals surface area contributed by atoms with Crippen LogP contribution in [0.3, 0.4) is 0 Å². The van der Waals surface area contributed by atoms with Crippen molar-refractivity contribution in [3.8, 4) is 0 Å². The summed E-state index contributed by atoms with van der Waals surface area (Å²) in [5, 5.41) is 0.825. The van der Waals surface area contributed by atoms with Gasteiger partial charge in [-0.1, -0.05) is 23.7 Å². The molecular formula is C13H20ClNOS. The van der Waals surface area contributed by atoms with Gasteiger partial charge in [-0.25, -0.2) is 0 Å². The fourth-order valence-electron chi connectivity index (χ4n) is 1.60. The fourth-order valence-corrected chi connectivity index (χ4v) is 2.97. The fraction of sp³-hybridized carbons (Fsp3) is 0.538. The van der Waals surface area contributed by atoms with E-state index in [1.807, 2.05) is 19.1 Å². The van der Waals surface area contributed by atoms with Crippen molar-refractivity contribution in [2.75, 3.05) is 19.5 Å². The first-order valence-corrected chi connectivity index (χ1v) is 7.16. The number of hydrogen-bond acceptors (Lipinski definition) is 3. The van der Waals surface area contributed by atoms with E-state index in [1.54, 1.807) is 18.9 Å². The van der Waals surface area contributed by atoms with Gasteiger partial charge in [-0.3, -0.25) is 0 Å². The van der Waals surface area contributed by atoms with Gasteiger partial charge < -0.3 is 10.5 Å². The number of halogens is 1. The van der Waals surface area contributed by atoms with Gasteiger partial charge in [0.05, 0.1) is 5.02 Å². The molecule has 0 fully saturated rings. The highest BCUT2D eigenvalue weighted by atomic mass is 35.5. The van der Waals surface area contributed by atoms with Crippen molar-refractivity contribution in [2.24, 2.45) is 5.73 Å². The summed E-state index contributed by atoms with van der Waals surface area (Å²) in [6.45, 7) is 2.81. The van der Waals surface area contributed by atoms with Crippen molar-refractivity contribution < 1.29 is 4.74 Å². The summed E-state index contributed by atoms with van der Waals surface area (Å²) in [7, 11) is 1.72. The maximum absolute atomic E-state index is 6.23. The number of ether oxygens (including phenoxy) is 1. The molecule has 0 radical (unpaired) electrons. The van der Waals surface area contributed by atoms with E-state index in [1.165, 1.54) is 10.5 Å². The Morgan fingerprint density at radius 3 is 2.88 bits per heavy atom. The van der Waals surface area contributed by atoms with Crippen LogP contribution in [0.15, 0.2) is 23.1 Å². The molecule has 2 nitrogen and oxygen atoms in total. The molecule has 0 saturated heterocycles. The summed E-state index contributed by atoms with van der Waals surface area (Å²) < 4.78 is 5.04. The van der Waals surface area contributed by atoms with Crippen molar-refractivity contribution >= 4 is 23.4 Å². The van der Waals surface area contributed by atoms with Crippen LogP contribution in [0.25, 0.3) is 0 Å². The van der Waals surface area contributed by atoms with Crippen LogP contribution in [-0.4, -0.2) is 25.5 Å². The topological polar surface area (TPSA) is 35.2 Å². The first kappa shape index (κ1) is 14.8. The Balaban J connectivity index is 2.66. The van der Waals surface area contributed by atoms with Gasteiger partial charge in [0.15, 0.2) is 0 Å². The highest BCUT2D eigenvalue weighted by Crippen LogP contribution is 2.31. The molecule has 1 unspecified atom stereocenters. The molecule has 0 heterocycles. The minimum Gasteiger partial charge on any atom is -0.385 e. The highest BCUT2D eigenvalue weighted by Gasteiger charge is 2.09. The first-order chi connectivity index (χ1) is 8.15. The predicted octanol–water partition coefficient (Wildman–Crippen LogP) is 3.36. The van der Waals surface area contributed by atoms with Crippen LogP contribution >= 0.6 is 23.4 Å². The van der Waals surface area contributed by atoms with Gasteiger partial charge >= 0.3 is 0 Å². The zero-order chi connectivity index (χ0) is 12.7. The Hall–Kier alpha value is -0.220. The Labute approximate surface area is 113 Å². The molecule has 1 aromatic rings. The Bertz CT molecular complexity index is 344. The minimum atomic E-state index is 0.159. The van der Waals surface area contributed by atoms with E-state index in [0.29, 0.717) is 0 Å². The molecular weight excluding hydrogens is 254 g/mol. The van der Waals surface area contributed by atoms with Crippen molar-refractivity contribution in [3.05, 3.63) is 28.8 Å². The summed E-state index contributed by atoms with van der Waals surface area (Å²) in [6, 6.07) is 6.18. The van der Waals surface area contributed by atoms with E-state index in [-0.39, 0.29) is 6.04 Å². The Kier molecular flexibility index (Phi) is 6.97. The Morgan fingerprint density at radius 2 is 2.24 bits per heavy atom. The van der Waals surface area contributed by atoms with E-state index in [9.17, 15) is 0 Å². The summed E-state index contributed by atoms with van der Waals surface area (Å²) in [5.74, 6) is 1.02. The second kappa shape index (κ2) is 7.98. The highest BCUT2D eigenvalue weighted by molar-refractivity contribution is 7.99. The molecule has 0 aliphatic carbocycles. The summed E-state index contributed by atoms with van der Waals surface area (Å²) in [4.78, 5) is 1.17. The average molecular weight is 274 g/mol. The van der Waals surface area contributed by atoms with Crippen LogP contribution in [0.5, 0.6) is 0 Å². The number of nitrogens with two attached hydrogens (primary N) is 1. The molecule has 96 valence electrons. The molecule has 2 N–H and O–H groups in total.